The Kier molecular flexibility index (Phi) is 3.65. The molecule has 4 nitrogen and oxygen atoms in total. The maximum atomic E-state index is 5.96. The molecule has 104 valence electrons. The summed E-state index contributed by atoms with van der Waals surface area (Å²) < 4.78 is 7.98. The number of benzene rings is 1. The number of nitrogens with zero attached hydrogens (tertiary/aromatic N) is 2. The molecular formula is C14H14ClN3OS. The van der Waals surface area contributed by atoms with Gasteiger partial charge >= 0.3 is 0 Å². The number of aryl methyl sites for hydroxylation is 1. The average Bonchev–Trinajstić information content (AvgIpc) is 2.96. The molecule has 1 aromatic carbocycles. The Morgan fingerprint density at radius 3 is 3.05 bits per heavy atom. The van der Waals surface area contributed by atoms with Crippen molar-refractivity contribution < 1.29 is 4.74 Å². The van der Waals surface area contributed by atoms with Gasteiger partial charge in [0.15, 0.2) is 4.96 Å². The van der Waals surface area contributed by atoms with Gasteiger partial charge in [-0.3, -0.25) is 4.40 Å². The second-order valence-electron chi connectivity index (χ2n) is 4.47. The Hall–Kier alpha value is -1.56. The number of fused-ring (bicyclic) bond motifs is 1. The van der Waals surface area contributed by atoms with Crippen LogP contribution in [0.2, 0.25) is 5.02 Å². The van der Waals surface area contributed by atoms with Crippen LogP contribution in [0.15, 0.2) is 29.8 Å². The van der Waals surface area contributed by atoms with Crippen molar-refractivity contribution in [1.29, 1.82) is 0 Å². The van der Waals surface area contributed by atoms with Gasteiger partial charge in [0, 0.05) is 23.0 Å². The maximum absolute atomic E-state index is 5.96. The fourth-order valence-corrected chi connectivity index (χ4v) is 3.04. The third-order valence-electron chi connectivity index (χ3n) is 3.05. The molecule has 0 fully saturated rings. The van der Waals surface area contributed by atoms with Crippen LogP contribution in [0.3, 0.4) is 0 Å². The lowest BCUT2D eigenvalue weighted by Gasteiger charge is -2.08. The van der Waals surface area contributed by atoms with Gasteiger partial charge in [0.2, 0.25) is 5.88 Å². The first-order valence-electron chi connectivity index (χ1n) is 6.27. The molecule has 3 aromatic rings. The van der Waals surface area contributed by atoms with Gasteiger partial charge in [-0.25, -0.2) is 0 Å². The van der Waals surface area contributed by atoms with Crippen molar-refractivity contribution in [3.8, 4) is 11.6 Å². The number of halogens is 1. The molecule has 2 aromatic heterocycles. The number of hydrogen-bond acceptors (Lipinski definition) is 4. The van der Waals surface area contributed by atoms with E-state index >= 15 is 0 Å². The number of rotatable bonds is 4. The van der Waals surface area contributed by atoms with E-state index in [1.54, 1.807) is 11.3 Å². The monoisotopic (exact) mass is 307 g/mol. The summed E-state index contributed by atoms with van der Waals surface area (Å²) in [4.78, 5) is 5.43. The van der Waals surface area contributed by atoms with E-state index in [0.29, 0.717) is 17.4 Å². The van der Waals surface area contributed by atoms with Crippen LogP contribution in [0.1, 0.15) is 11.3 Å². The molecule has 0 amide bonds. The fourth-order valence-electron chi connectivity index (χ4n) is 2.09. The zero-order valence-corrected chi connectivity index (χ0v) is 12.5. The molecule has 0 unspecified atom stereocenters. The van der Waals surface area contributed by atoms with Crippen molar-refractivity contribution in [1.82, 2.24) is 9.38 Å². The van der Waals surface area contributed by atoms with Crippen LogP contribution in [0.5, 0.6) is 11.6 Å². The molecule has 20 heavy (non-hydrogen) atoms. The van der Waals surface area contributed by atoms with Crippen molar-refractivity contribution in [2.75, 3.05) is 6.54 Å². The minimum atomic E-state index is 0.555. The van der Waals surface area contributed by atoms with Crippen LogP contribution in [-0.4, -0.2) is 15.9 Å². The molecule has 0 atom stereocenters. The summed E-state index contributed by atoms with van der Waals surface area (Å²) in [6, 6.07) is 5.54. The molecule has 0 bridgehead atoms. The van der Waals surface area contributed by atoms with E-state index in [1.807, 2.05) is 41.1 Å². The van der Waals surface area contributed by atoms with Crippen molar-refractivity contribution in [3.63, 3.8) is 0 Å². The molecule has 6 heteroatoms. The third kappa shape index (κ3) is 2.40. The smallest absolute Gasteiger partial charge is 0.242 e. The molecule has 0 aliphatic rings. The van der Waals surface area contributed by atoms with E-state index in [2.05, 4.69) is 4.98 Å². The number of nitrogens with two attached hydrogens (primary N) is 1. The average molecular weight is 308 g/mol. The summed E-state index contributed by atoms with van der Waals surface area (Å²) in [6.45, 7) is 2.52. The van der Waals surface area contributed by atoms with E-state index in [9.17, 15) is 0 Å². The van der Waals surface area contributed by atoms with Gasteiger partial charge in [-0.2, -0.15) is 4.98 Å². The number of thiazole rings is 1. The SMILES string of the molecule is Cc1cc(Cl)ccc1Oc1nc2sccn2c1CCN. The maximum Gasteiger partial charge on any atom is 0.242 e. The van der Waals surface area contributed by atoms with Crippen LogP contribution >= 0.6 is 22.9 Å². The Morgan fingerprint density at radius 1 is 1.45 bits per heavy atom. The third-order valence-corrected chi connectivity index (χ3v) is 4.04. The van der Waals surface area contributed by atoms with Crippen molar-refractivity contribution in [3.05, 3.63) is 46.1 Å². The molecule has 0 aliphatic heterocycles. The molecule has 0 spiro atoms. The first kappa shape index (κ1) is 13.4. The van der Waals surface area contributed by atoms with Gasteiger partial charge in [0.25, 0.3) is 0 Å². The van der Waals surface area contributed by atoms with E-state index < -0.39 is 0 Å². The zero-order valence-electron chi connectivity index (χ0n) is 11.0. The highest BCUT2D eigenvalue weighted by Gasteiger charge is 2.15. The van der Waals surface area contributed by atoms with Gasteiger partial charge in [0.05, 0.1) is 5.69 Å². The predicted octanol–water partition coefficient (Wildman–Crippen LogP) is 3.65. The number of aromatic nitrogens is 2. The quantitative estimate of drug-likeness (QED) is 0.800. The lowest BCUT2D eigenvalue weighted by atomic mass is 10.2. The van der Waals surface area contributed by atoms with E-state index in [0.717, 1.165) is 28.4 Å². The minimum absolute atomic E-state index is 0.555. The van der Waals surface area contributed by atoms with Crippen molar-refractivity contribution >= 4 is 27.9 Å². The molecular weight excluding hydrogens is 294 g/mol. The van der Waals surface area contributed by atoms with Crippen LogP contribution in [0.4, 0.5) is 0 Å². The summed E-state index contributed by atoms with van der Waals surface area (Å²) in [5.41, 5.74) is 7.66. The predicted molar refractivity (Wildman–Crippen MR) is 82.1 cm³/mol. The van der Waals surface area contributed by atoms with Crippen LogP contribution in [-0.2, 0) is 6.42 Å². The van der Waals surface area contributed by atoms with E-state index in [-0.39, 0.29) is 0 Å². The molecule has 0 aliphatic carbocycles. The summed E-state index contributed by atoms with van der Waals surface area (Å²) >= 11 is 7.53. The second kappa shape index (κ2) is 5.44. The topological polar surface area (TPSA) is 52.5 Å². The molecule has 2 N–H and O–H groups in total. The highest BCUT2D eigenvalue weighted by Crippen LogP contribution is 2.31. The molecule has 0 radical (unpaired) electrons. The van der Waals surface area contributed by atoms with Gasteiger partial charge in [0.1, 0.15) is 5.75 Å². The fraction of sp³-hybridized carbons (Fsp3) is 0.214. The lowest BCUT2D eigenvalue weighted by molar-refractivity contribution is 0.456. The Labute approximate surface area is 125 Å². The molecule has 0 saturated carbocycles. The van der Waals surface area contributed by atoms with Gasteiger partial charge in [-0.05, 0) is 37.2 Å². The summed E-state index contributed by atoms with van der Waals surface area (Å²) in [5, 5.41) is 2.70. The highest BCUT2D eigenvalue weighted by atomic mass is 35.5. The largest absolute Gasteiger partial charge is 0.437 e. The highest BCUT2D eigenvalue weighted by molar-refractivity contribution is 7.15. The van der Waals surface area contributed by atoms with Crippen LogP contribution in [0.25, 0.3) is 4.96 Å². The van der Waals surface area contributed by atoms with Crippen LogP contribution in [0, 0.1) is 6.92 Å². The van der Waals surface area contributed by atoms with Crippen molar-refractivity contribution in [2.45, 2.75) is 13.3 Å². The van der Waals surface area contributed by atoms with Gasteiger partial charge in [-0.1, -0.05) is 11.6 Å². The summed E-state index contributed by atoms with van der Waals surface area (Å²) in [7, 11) is 0. The zero-order chi connectivity index (χ0) is 14.1. The summed E-state index contributed by atoms with van der Waals surface area (Å²) in [6.07, 6.45) is 2.71. The Morgan fingerprint density at radius 2 is 2.30 bits per heavy atom. The number of imidazole rings is 1. The number of hydrogen-bond donors (Lipinski definition) is 1. The first-order valence-corrected chi connectivity index (χ1v) is 7.53. The van der Waals surface area contributed by atoms with Gasteiger partial charge < -0.3 is 10.5 Å². The van der Waals surface area contributed by atoms with Crippen LogP contribution < -0.4 is 10.5 Å². The standard InChI is InChI=1S/C14H14ClN3OS/c1-9-8-10(15)2-3-12(9)19-13-11(4-5-16)18-6-7-20-14(18)17-13/h2-3,6-8H,4-5,16H2,1H3. The first-order chi connectivity index (χ1) is 9.69. The van der Waals surface area contributed by atoms with Gasteiger partial charge in [-0.15, -0.1) is 11.3 Å². The van der Waals surface area contributed by atoms with Crippen molar-refractivity contribution in [2.24, 2.45) is 5.73 Å². The van der Waals surface area contributed by atoms with E-state index in [4.69, 9.17) is 22.1 Å². The molecule has 3 rings (SSSR count). The minimum Gasteiger partial charge on any atom is -0.437 e. The molecule has 0 saturated heterocycles. The molecule has 2 heterocycles. The second-order valence-corrected chi connectivity index (χ2v) is 5.78. The lowest BCUT2D eigenvalue weighted by Crippen LogP contribution is -2.05. The van der Waals surface area contributed by atoms with E-state index in [1.165, 1.54) is 0 Å². The normalized spacial score (nSPS) is 11.2. The Bertz CT molecular complexity index is 750. The summed E-state index contributed by atoms with van der Waals surface area (Å²) in [5.74, 6) is 1.38. The Balaban J connectivity index is 2.01. The number of ether oxygens (including phenoxy) is 1.